The fourth-order valence-corrected chi connectivity index (χ4v) is 4.22. The number of hydrogen-bond donors (Lipinski definition) is 2. The standard InChI is InChI=1S/C19H28N2O3/c1-15-4-2-5-16(10-15)11-20-8-3-6-19(18(20)24)7-9-21(14-19)17(12-22)13-23/h2,4-5,10,17,22-23H,3,6-9,11-14H2,1H3. The molecule has 2 fully saturated rings. The van der Waals surface area contributed by atoms with Crippen LogP contribution in [0.5, 0.6) is 0 Å². The van der Waals surface area contributed by atoms with Gasteiger partial charge in [-0.1, -0.05) is 29.8 Å². The highest BCUT2D eigenvalue weighted by atomic mass is 16.3. The maximum atomic E-state index is 13.2. The minimum atomic E-state index is -0.329. The van der Waals surface area contributed by atoms with Crippen molar-refractivity contribution < 1.29 is 15.0 Å². The average Bonchev–Trinajstić information content (AvgIpc) is 2.98. The molecule has 24 heavy (non-hydrogen) atoms. The summed E-state index contributed by atoms with van der Waals surface area (Å²) in [7, 11) is 0. The van der Waals surface area contributed by atoms with Crippen molar-refractivity contribution in [3.05, 3.63) is 35.4 Å². The molecule has 0 bridgehead atoms. The van der Waals surface area contributed by atoms with E-state index in [4.69, 9.17) is 0 Å². The van der Waals surface area contributed by atoms with Crippen molar-refractivity contribution in [2.75, 3.05) is 32.8 Å². The van der Waals surface area contributed by atoms with Crippen molar-refractivity contribution in [1.82, 2.24) is 9.80 Å². The number of aryl methyl sites for hydroxylation is 1. The van der Waals surface area contributed by atoms with Crippen LogP contribution in [0, 0.1) is 12.3 Å². The van der Waals surface area contributed by atoms with E-state index in [2.05, 4.69) is 30.0 Å². The first-order valence-electron chi connectivity index (χ1n) is 8.89. The number of piperidine rings is 1. The molecule has 1 aromatic carbocycles. The highest BCUT2D eigenvalue weighted by Crippen LogP contribution is 2.41. The molecule has 0 saturated carbocycles. The van der Waals surface area contributed by atoms with E-state index < -0.39 is 0 Å². The molecule has 0 radical (unpaired) electrons. The van der Waals surface area contributed by atoms with Crippen LogP contribution in [0.3, 0.4) is 0 Å². The number of aliphatic hydroxyl groups is 2. The molecule has 2 heterocycles. The number of nitrogens with zero attached hydrogens (tertiary/aromatic N) is 2. The van der Waals surface area contributed by atoms with Crippen LogP contribution in [-0.4, -0.2) is 64.8 Å². The quantitative estimate of drug-likeness (QED) is 0.849. The average molecular weight is 332 g/mol. The Bertz CT molecular complexity index is 588. The largest absolute Gasteiger partial charge is 0.395 e. The van der Waals surface area contributed by atoms with Crippen LogP contribution < -0.4 is 0 Å². The third kappa shape index (κ3) is 3.34. The monoisotopic (exact) mass is 332 g/mol. The van der Waals surface area contributed by atoms with Gasteiger partial charge in [0.2, 0.25) is 5.91 Å². The molecule has 5 nitrogen and oxygen atoms in total. The summed E-state index contributed by atoms with van der Waals surface area (Å²) in [6, 6.07) is 8.09. The SMILES string of the molecule is Cc1cccc(CN2CCCC3(CCN(C(CO)CO)C3)C2=O)c1. The van der Waals surface area contributed by atoms with Crippen LogP contribution >= 0.6 is 0 Å². The molecule has 2 aliphatic heterocycles. The molecule has 3 rings (SSSR count). The van der Waals surface area contributed by atoms with Gasteiger partial charge in [-0.05, 0) is 38.3 Å². The maximum Gasteiger partial charge on any atom is 0.230 e. The van der Waals surface area contributed by atoms with Crippen molar-refractivity contribution in [2.45, 2.75) is 38.8 Å². The van der Waals surface area contributed by atoms with Crippen LogP contribution in [0.2, 0.25) is 0 Å². The van der Waals surface area contributed by atoms with E-state index >= 15 is 0 Å². The number of likely N-dealkylation sites (tertiary alicyclic amines) is 2. The number of carbonyl (C=O) groups is 1. The Morgan fingerprint density at radius 3 is 2.71 bits per heavy atom. The van der Waals surface area contributed by atoms with E-state index in [1.165, 1.54) is 11.1 Å². The van der Waals surface area contributed by atoms with Crippen molar-refractivity contribution in [1.29, 1.82) is 0 Å². The van der Waals surface area contributed by atoms with Gasteiger partial charge in [0, 0.05) is 19.6 Å². The molecular formula is C19H28N2O3. The van der Waals surface area contributed by atoms with Crippen LogP contribution in [0.15, 0.2) is 24.3 Å². The van der Waals surface area contributed by atoms with Gasteiger partial charge in [-0.2, -0.15) is 0 Å². The lowest BCUT2D eigenvalue weighted by molar-refractivity contribution is -0.146. The van der Waals surface area contributed by atoms with Crippen LogP contribution in [0.4, 0.5) is 0 Å². The molecule has 1 aromatic rings. The Labute approximate surface area is 143 Å². The normalized spacial score (nSPS) is 25.2. The van der Waals surface area contributed by atoms with E-state index in [9.17, 15) is 15.0 Å². The van der Waals surface area contributed by atoms with Gasteiger partial charge in [-0.15, -0.1) is 0 Å². The number of aliphatic hydroxyl groups excluding tert-OH is 2. The Kier molecular flexibility index (Phi) is 5.23. The molecule has 1 amide bonds. The molecule has 5 heteroatoms. The van der Waals surface area contributed by atoms with Gasteiger partial charge in [0.25, 0.3) is 0 Å². The zero-order valence-electron chi connectivity index (χ0n) is 14.4. The van der Waals surface area contributed by atoms with Crippen LogP contribution in [0.1, 0.15) is 30.4 Å². The van der Waals surface area contributed by atoms with Gasteiger partial charge in [0.15, 0.2) is 0 Å². The first-order valence-corrected chi connectivity index (χ1v) is 8.89. The molecule has 132 valence electrons. The highest BCUT2D eigenvalue weighted by molar-refractivity contribution is 5.84. The predicted octanol–water partition coefficient (Wildman–Crippen LogP) is 1.16. The molecular weight excluding hydrogens is 304 g/mol. The second-order valence-corrected chi connectivity index (χ2v) is 7.34. The van der Waals surface area contributed by atoms with Crippen molar-refractivity contribution in [2.24, 2.45) is 5.41 Å². The smallest absolute Gasteiger partial charge is 0.230 e. The number of benzene rings is 1. The summed E-state index contributed by atoms with van der Waals surface area (Å²) in [5.41, 5.74) is 2.07. The molecule has 1 atom stereocenters. The van der Waals surface area contributed by atoms with Gasteiger partial charge < -0.3 is 15.1 Å². The summed E-state index contributed by atoms with van der Waals surface area (Å²) in [4.78, 5) is 17.2. The molecule has 0 aliphatic carbocycles. The lowest BCUT2D eigenvalue weighted by Crippen LogP contribution is -2.50. The minimum absolute atomic E-state index is 0.0617. The highest BCUT2D eigenvalue weighted by Gasteiger charge is 2.49. The topological polar surface area (TPSA) is 64.0 Å². The van der Waals surface area contributed by atoms with Crippen molar-refractivity contribution in [3.63, 3.8) is 0 Å². The zero-order valence-corrected chi connectivity index (χ0v) is 14.4. The summed E-state index contributed by atoms with van der Waals surface area (Å²) < 4.78 is 0. The first kappa shape index (κ1) is 17.4. The summed E-state index contributed by atoms with van der Waals surface area (Å²) in [6.45, 7) is 4.87. The fraction of sp³-hybridized carbons (Fsp3) is 0.632. The van der Waals surface area contributed by atoms with Crippen molar-refractivity contribution in [3.8, 4) is 0 Å². The van der Waals surface area contributed by atoms with Gasteiger partial charge in [-0.3, -0.25) is 9.69 Å². The van der Waals surface area contributed by atoms with E-state index in [1.54, 1.807) is 0 Å². The molecule has 2 aliphatic rings. The summed E-state index contributed by atoms with van der Waals surface area (Å²) in [5.74, 6) is 0.243. The van der Waals surface area contributed by atoms with Crippen LogP contribution in [-0.2, 0) is 11.3 Å². The third-order valence-electron chi connectivity index (χ3n) is 5.60. The van der Waals surface area contributed by atoms with Gasteiger partial charge in [-0.25, -0.2) is 0 Å². The summed E-state index contributed by atoms with van der Waals surface area (Å²) >= 11 is 0. The number of carbonyl (C=O) groups excluding carboxylic acids is 1. The first-order chi connectivity index (χ1) is 11.6. The Balaban J connectivity index is 1.71. The molecule has 1 unspecified atom stereocenters. The lowest BCUT2D eigenvalue weighted by Gasteiger charge is -2.40. The maximum absolute atomic E-state index is 13.2. The van der Waals surface area contributed by atoms with E-state index in [1.807, 2.05) is 11.0 Å². The second-order valence-electron chi connectivity index (χ2n) is 7.34. The molecule has 2 N–H and O–H groups in total. The molecule has 0 aromatic heterocycles. The number of hydrogen-bond acceptors (Lipinski definition) is 4. The Morgan fingerprint density at radius 2 is 2.00 bits per heavy atom. The third-order valence-corrected chi connectivity index (χ3v) is 5.60. The van der Waals surface area contributed by atoms with Gasteiger partial charge >= 0.3 is 0 Å². The van der Waals surface area contributed by atoms with Gasteiger partial charge in [0.05, 0.1) is 24.7 Å². The number of rotatable bonds is 5. The summed E-state index contributed by atoms with van der Waals surface area (Å²) in [6.07, 6.45) is 2.76. The minimum Gasteiger partial charge on any atom is -0.395 e. The van der Waals surface area contributed by atoms with E-state index in [-0.39, 0.29) is 30.6 Å². The second kappa shape index (κ2) is 7.21. The van der Waals surface area contributed by atoms with E-state index in [0.29, 0.717) is 13.1 Å². The predicted molar refractivity (Wildman–Crippen MR) is 92.4 cm³/mol. The Hall–Kier alpha value is -1.43. The fourth-order valence-electron chi connectivity index (χ4n) is 4.22. The van der Waals surface area contributed by atoms with Crippen molar-refractivity contribution >= 4 is 5.91 Å². The van der Waals surface area contributed by atoms with Crippen LogP contribution in [0.25, 0.3) is 0 Å². The molecule has 2 saturated heterocycles. The summed E-state index contributed by atoms with van der Waals surface area (Å²) in [5, 5.41) is 18.8. The lowest BCUT2D eigenvalue weighted by atomic mass is 9.78. The zero-order chi connectivity index (χ0) is 17.2. The van der Waals surface area contributed by atoms with E-state index in [0.717, 1.165) is 32.4 Å². The Morgan fingerprint density at radius 1 is 1.21 bits per heavy atom. The van der Waals surface area contributed by atoms with Gasteiger partial charge in [0.1, 0.15) is 0 Å². The number of amides is 1. The molecule has 1 spiro atoms.